The van der Waals surface area contributed by atoms with Gasteiger partial charge in [0.15, 0.2) is 0 Å². The van der Waals surface area contributed by atoms with Crippen LogP contribution in [0.3, 0.4) is 0 Å². The molecule has 1 fully saturated rings. The number of hydrogen-bond acceptors (Lipinski definition) is 3. The lowest BCUT2D eigenvalue weighted by Crippen LogP contribution is -2.21. The number of carbonyl (C=O) groups excluding carboxylic acids is 1. The molecule has 0 atom stereocenters. The Morgan fingerprint density at radius 1 is 1.35 bits per heavy atom. The Hall–Kier alpha value is -1.22. The van der Waals surface area contributed by atoms with Gasteiger partial charge < -0.3 is 10.1 Å². The predicted molar refractivity (Wildman–Crippen MR) is 82.4 cm³/mol. The molecular formula is C16H22ClNO2. The van der Waals surface area contributed by atoms with Crippen molar-refractivity contribution in [3.05, 3.63) is 28.8 Å². The van der Waals surface area contributed by atoms with E-state index in [1.165, 1.54) is 32.8 Å². The molecule has 1 N–H and O–H groups in total. The molecule has 0 radical (unpaired) electrons. The summed E-state index contributed by atoms with van der Waals surface area (Å²) in [7, 11) is 1.39. The minimum Gasteiger partial charge on any atom is -0.465 e. The van der Waals surface area contributed by atoms with Gasteiger partial charge in [-0.3, -0.25) is 0 Å². The van der Waals surface area contributed by atoms with Crippen molar-refractivity contribution in [2.45, 2.75) is 32.6 Å². The number of anilines is 1. The van der Waals surface area contributed by atoms with Crippen molar-refractivity contribution in [3.63, 3.8) is 0 Å². The van der Waals surface area contributed by atoms with E-state index in [0.717, 1.165) is 18.2 Å². The highest BCUT2D eigenvalue weighted by Gasteiger charge is 2.19. The maximum Gasteiger partial charge on any atom is 0.339 e. The molecule has 0 amide bonds. The zero-order valence-electron chi connectivity index (χ0n) is 12.1. The molecule has 20 heavy (non-hydrogen) atoms. The smallest absolute Gasteiger partial charge is 0.339 e. The number of nitrogens with one attached hydrogen (secondary N) is 1. The number of halogens is 1. The monoisotopic (exact) mass is 295 g/mol. The lowest BCUT2D eigenvalue weighted by Gasteiger charge is -2.26. The van der Waals surface area contributed by atoms with E-state index in [4.69, 9.17) is 16.3 Å². The molecule has 1 aromatic carbocycles. The molecule has 3 nitrogen and oxygen atoms in total. The zero-order chi connectivity index (χ0) is 14.5. The van der Waals surface area contributed by atoms with Crippen molar-refractivity contribution in [2.75, 3.05) is 19.0 Å². The van der Waals surface area contributed by atoms with E-state index in [0.29, 0.717) is 16.5 Å². The van der Waals surface area contributed by atoms with Gasteiger partial charge in [0.05, 0.1) is 18.4 Å². The highest BCUT2D eigenvalue weighted by molar-refractivity contribution is 6.31. The van der Waals surface area contributed by atoms with Crippen molar-refractivity contribution >= 4 is 23.3 Å². The van der Waals surface area contributed by atoms with Gasteiger partial charge in [0.2, 0.25) is 0 Å². The fourth-order valence-corrected chi connectivity index (χ4v) is 2.91. The first-order valence-electron chi connectivity index (χ1n) is 7.22. The molecule has 1 aliphatic carbocycles. The molecule has 0 aliphatic heterocycles. The zero-order valence-corrected chi connectivity index (χ0v) is 12.9. The van der Waals surface area contributed by atoms with E-state index in [2.05, 4.69) is 12.2 Å². The minimum absolute atomic E-state index is 0.332. The number of benzene rings is 1. The maximum absolute atomic E-state index is 11.7. The average Bonchev–Trinajstić information content (AvgIpc) is 2.46. The van der Waals surface area contributed by atoms with Gasteiger partial charge in [0, 0.05) is 11.6 Å². The van der Waals surface area contributed by atoms with Crippen LogP contribution < -0.4 is 5.32 Å². The summed E-state index contributed by atoms with van der Waals surface area (Å²) in [6, 6.07) is 5.21. The van der Waals surface area contributed by atoms with Gasteiger partial charge in [-0.05, 0) is 42.9 Å². The van der Waals surface area contributed by atoms with Gasteiger partial charge >= 0.3 is 5.97 Å². The Labute approximate surface area is 125 Å². The van der Waals surface area contributed by atoms with Crippen LogP contribution in [-0.4, -0.2) is 19.6 Å². The van der Waals surface area contributed by atoms with Gasteiger partial charge in [0.25, 0.3) is 0 Å². The van der Waals surface area contributed by atoms with E-state index in [9.17, 15) is 4.79 Å². The van der Waals surface area contributed by atoms with Gasteiger partial charge in [-0.25, -0.2) is 4.79 Å². The first kappa shape index (κ1) is 15.2. The summed E-state index contributed by atoms with van der Waals surface area (Å²) in [6.45, 7) is 3.20. The van der Waals surface area contributed by atoms with E-state index < -0.39 is 0 Å². The van der Waals surface area contributed by atoms with Crippen LogP contribution in [0, 0.1) is 11.8 Å². The lowest BCUT2D eigenvalue weighted by atomic mass is 9.83. The van der Waals surface area contributed by atoms with Gasteiger partial charge in [-0.2, -0.15) is 0 Å². The quantitative estimate of drug-likeness (QED) is 0.839. The van der Waals surface area contributed by atoms with E-state index in [1.54, 1.807) is 18.2 Å². The van der Waals surface area contributed by atoms with Crippen LogP contribution in [0.1, 0.15) is 43.0 Å². The second-order valence-electron chi connectivity index (χ2n) is 5.69. The van der Waals surface area contributed by atoms with E-state index >= 15 is 0 Å². The second kappa shape index (κ2) is 6.98. The second-order valence-corrected chi connectivity index (χ2v) is 6.12. The predicted octanol–water partition coefficient (Wildman–Crippen LogP) is 4.36. The molecule has 0 bridgehead atoms. The van der Waals surface area contributed by atoms with Crippen LogP contribution >= 0.6 is 11.6 Å². The molecule has 2 rings (SSSR count). The first-order chi connectivity index (χ1) is 9.60. The van der Waals surface area contributed by atoms with E-state index in [-0.39, 0.29) is 5.97 Å². The molecule has 0 spiro atoms. The summed E-state index contributed by atoms with van der Waals surface area (Å²) in [5.74, 6) is 1.19. The van der Waals surface area contributed by atoms with Gasteiger partial charge in [-0.15, -0.1) is 0 Å². The van der Waals surface area contributed by atoms with Gasteiger partial charge in [-0.1, -0.05) is 31.4 Å². The normalized spacial score (nSPS) is 22.4. The molecule has 1 aromatic rings. The molecular weight excluding hydrogens is 274 g/mol. The Balaban J connectivity index is 2.01. The SMILES string of the molecule is COC(=O)c1ccc(Cl)cc1NCC1CCC(C)CC1. The molecule has 0 saturated heterocycles. The first-order valence-corrected chi connectivity index (χ1v) is 7.59. The largest absolute Gasteiger partial charge is 0.465 e. The van der Waals surface area contributed by atoms with Crippen LogP contribution in [0.15, 0.2) is 18.2 Å². The van der Waals surface area contributed by atoms with Crippen molar-refractivity contribution < 1.29 is 9.53 Å². The molecule has 0 heterocycles. The molecule has 4 heteroatoms. The fourth-order valence-electron chi connectivity index (χ4n) is 2.74. The van der Waals surface area contributed by atoms with Gasteiger partial charge in [0.1, 0.15) is 0 Å². The van der Waals surface area contributed by atoms with Crippen LogP contribution in [-0.2, 0) is 4.74 Å². The topological polar surface area (TPSA) is 38.3 Å². The Bertz CT molecular complexity index is 468. The lowest BCUT2D eigenvalue weighted by molar-refractivity contribution is 0.0602. The van der Waals surface area contributed by atoms with Crippen LogP contribution in [0.25, 0.3) is 0 Å². The Kier molecular flexibility index (Phi) is 5.30. The minimum atomic E-state index is -0.332. The summed E-state index contributed by atoms with van der Waals surface area (Å²) in [4.78, 5) is 11.7. The molecule has 0 aromatic heterocycles. The number of carbonyl (C=O) groups is 1. The third-order valence-electron chi connectivity index (χ3n) is 4.10. The Morgan fingerprint density at radius 2 is 2.05 bits per heavy atom. The van der Waals surface area contributed by atoms with Crippen molar-refractivity contribution in [1.29, 1.82) is 0 Å². The molecule has 1 saturated carbocycles. The Morgan fingerprint density at radius 3 is 2.70 bits per heavy atom. The molecule has 0 unspecified atom stereocenters. The van der Waals surface area contributed by atoms with Crippen LogP contribution in [0.2, 0.25) is 5.02 Å². The highest BCUT2D eigenvalue weighted by Crippen LogP contribution is 2.29. The van der Waals surface area contributed by atoms with E-state index in [1.807, 2.05) is 0 Å². The van der Waals surface area contributed by atoms with Crippen molar-refractivity contribution in [3.8, 4) is 0 Å². The number of rotatable bonds is 4. The molecule has 110 valence electrons. The van der Waals surface area contributed by atoms with Crippen LogP contribution in [0.5, 0.6) is 0 Å². The average molecular weight is 296 g/mol. The maximum atomic E-state index is 11.7. The highest BCUT2D eigenvalue weighted by atomic mass is 35.5. The number of esters is 1. The standard InChI is InChI=1S/C16H22ClNO2/c1-11-3-5-12(6-4-11)10-18-15-9-13(17)7-8-14(15)16(19)20-2/h7-9,11-12,18H,3-6,10H2,1-2H3. The summed E-state index contributed by atoms with van der Waals surface area (Å²) in [5.41, 5.74) is 1.31. The number of hydrogen-bond donors (Lipinski definition) is 1. The summed E-state index contributed by atoms with van der Waals surface area (Å²) < 4.78 is 4.80. The fraction of sp³-hybridized carbons (Fsp3) is 0.562. The van der Waals surface area contributed by atoms with Crippen molar-refractivity contribution in [1.82, 2.24) is 0 Å². The number of ether oxygens (including phenoxy) is 1. The summed E-state index contributed by atoms with van der Waals surface area (Å²) in [5, 5.41) is 3.99. The van der Waals surface area contributed by atoms with Crippen LogP contribution in [0.4, 0.5) is 5.69 Å². The third kappa shape index (κ3) is 3.89. The van der Waals surface area contributed by atoms with Crippen molar-refractivity contribution in [2.24, 2.45) is 11.8 Å². The summed E-state index contributed by atoms with van der Waals surface area (Å²) in [6.07, 6.45) is 5.10. The third-order valence-corrected chi connectivity index (χ3v) is 4.34. The number of methoxy groups -OCH3 is 1. The molecule has 1 aliphatic rings. The summed E-state index contributed by atoms with van der Waals surface area (Å²) >= 11 is 6.01.